The lowest BCUT2D eigenvalue weighted by molar-refractivity contribution is 0.220. The quantitative estimate of drug-likeness (QED) is 0.659. The van der Waals surface area contributed by atoms with Crippen LogP contribution < -0.4 is 10.6 Å². The van der Waals surface area contributed by atoms with Gasteiger partial charge >= 0.3 is 0 Å². The average Bonchev–Trinajstić information content (AvgIpc) is 2.74. The smallest absolute Gasteiger partial charge is 0.000803 e. The van der Waals surface area contributed by atoms with Crippen LogP contribution in [0, 0.1) is 17.3 Å². The lowest BCUT2D eigenvalue weighted by Gasteiger charge is -2.32. The number of nitrogens with one attached hydrogen (secondary N) is 2. The van der Waals surface area contributed by atoms with Crippen LogP contribution in [0.2, 0.25) is 0 Å². The van der Waals surface area contributed by atoms with Crippen molar-refractivity contribution in [3.63, 3.8) is 0 Å². The van der Waals surface area contributed by atoms with E-state index in [0.717, 1.165) is 31.5 Å². The van der Waals surface area contributed by atoms with Crippen LogP contribution in [-0.4, -0.2) is 26.2 Å². The molecule has 2 N–H and O–H groups in total. The highest BCUT2D eigenvalue weighted by Crippen LogP contribution is 2.42. The van der Waals surface area contributed by atoms with Crippen molar-refractivity contribution < 1.29 is 0 Å². The molecule has 0 aliphatic heterocycles. The Kier molecular flexibility index (Phi) is 7.25. The Hall–Kier alpha value is -0.0800. The molecule has 18 heavy (non-hydrogen) atoms. The molecule has 1 rings (SSSR count). The molecule has 0 radical (unpaired) electrons. The summed E-state index contributed by atoms with van der Waals surface area (Å²) in [7, 11) is 0. The van der Waals surface area contributed by atoms with Crippen molar-refractivity contribution in [1.29, 1.82) is 0 Å². The molecule has 2 nitrogen and oxygen atoms in total. The first-order valence-electron chi connectivity index (χ1n) is 7.99. The molecule has 1 unspecified atom stereocenters. The molecule has 0 spiro atoms. The van der Waals surface area contributed by atoms with Gasteiger partial charge in [-0.15, -0.1) is 0 Å². The van der Waals surface area contributed by atoms with E-state index in [1.54, 1.807) is 0 Å². The molecule has 0 heterocycles. The zero-order valence-corrected chi connectivity index (χ0v) is 13.0. The van der Waals surface area contributed by atoms with Crippen LogP contribution in [0.5, 0.6) is 0 Å². The average molecular weight is 254 g/mol. The monoisotopic (exact) mass is 254 g/mol. The normalized spacial score (nSPS) is 20.5. The van der Waals surface area contributed by atoms with E-state index in [2.05, 4.69) is 38.3 Å². The summed E-state index contributed by atoms with van der Waals surface area (Å²) in [5, 5.41) is 7.17. The van der Waals surface area contributed by atoms with Crippen LogP contribution in [0.15, 0.2) is 0 Å². The van der Waals surface area contributed by atoms with Gasteiger partial charge < -0.3 is 10.6 Å². The molecule has 1 aliphatic rings. The molecule has 0 saturated heterocycles. The minimum Gasteiger partial charge on any atom is -0.317 e. The summed E-state index contributed by atoms with van der Waals surface area (Å²) in [5.41, 5.74) is 0.617. The van der Waals surface area contributed by atoms with Gasteiger partial charge in [0.05, 0.1) is 0 Å². The molecule has 0 aromatic rings. The summed E-state index contributed by atoms with van der Waals surface area (Å²) < 4.78 is 0. The minimum absolute atomic E-state index is 0.617. The second kappa shape index (κ2) is 8.16. The van der Waals surface area contributed by atoms with Gasteiger partial charge in [0.15, 0.2) is 0 Å². The standard InChI is InChI=1S/C16H34N2/c1-5-17-11-15(4)12-18-13-16(10-14(2)3)8-6-7-9-16/h14-15,17-18H,5-13H2,1-4H3. The Morgan fingerprint density at radius 1 is 1.00 bits per heavy atom. The van der Waals surface area contributed by atoms with E-state index in [-0.39, 0.29) is 0 Å². The fourth-order valence-electron chi connectivity index (χ4n) is 3.49. The second-order valence-electron chi connectivity index (χ2n) is 6.85. The number of hydrogen-bond acceptors (Lipinski definition) is 2. The molecule has 0 bridgehead atoms. The lowest BCUT2D eigenvalue weighted by atomic mass is 9.78. The molecule has 1 fully saturated rings. The third-order valence-electron chi connectivity index (χ3n) is 4.24. The molecule has 0 aromatic carbocycles. The third-order valence-corrected chi connectivity index (χ3v) is 4.24. The van der Waals surface area contributed by atoms with Crippen LogP contribution in [0.25, 0.3) is 0 Å². The molecule has 108 valence electrons. The SMILES string of the molecule is CCNCC(C)CNCC1(CC(C)C)CCCC1. The van der Waals surface area contributed by atoms with Gasteiger partial charge in [-0.05, 0) is 56.1 Å². The van der Waals surface area contributed by atoms with Crippen molar-refractivity contribution in [2.24, 2.45) is 17.3 Å². The molecule has 1 saturated carbocycles. The van der Waals surface area contributed by atoms with E-state index >= 15 is 0 Å². The fourth-order valence-corrected chi connectivity index (χ4v) is 3.49. The summed E-state index contributed by atoms with van der Waals surface area (Å²) in [6, 6.07) is 0. The van der Waals surface area contributed by atoms with E-state index < -0.39 is 0 Å². The first-order chi connectivity index (χ1) is 8.58. The predicted molar refractivity (Wildman–Crippen MR) is 80.9 cm³/mol. The van der Waals surface area contributed by atoms with Crippen molar-refractivity contribution in [2.45, 2.75) is 59.8 Å². The zero-order valence-electron chi connectivity index (χ0n) is 13.0. The van der Waals surface area contributed by atoms with Crippen molar-refractivity contribution in [1.82, 2.24) is 10.6 Å². The Morgan fingerprint density at radius 3 is 2.17 bits per heavy atom. The summed E-state index contributed by atoms with van der Waals surface area (Å²) in [6.07, 6.45) is 7.18. The van der Waals surface area contributed by atoms with Crippen molar-refractivity contribution >= 4 is 0 Å². The number of rotatable bonds is 9. The van der Waals surface area contributed by atoms with Crippen molar-refractivity contribution in [2.75, 3.05) is 26.2 Å². The molecule has 1 aliphatic carbocycles. The Balaban J connectivity index is 2.25. The van der Waals surface area contributed by atoms with Gasteiger partial charge in [0.25, 0.3) is 0 Å². The Morgan fingerprint density at radius 2 is 1.61 bits per heavy atom. The van der Waals surface area contributed by atoms with Gasteiger partial charge in [-0.3, -0.25) is 0 Å². The maximum atomic E-state index is 3.74. The maximum Gasteiger partial charge on any atom is 0.000803 e. The number of hydrogen-bond donors (Lipinski definition) is 2. The largest absolute Gasteiger partial charge is 0.317 e. The summed E-state index contributed by atoms with van der Waals surface area (Å²) >= 11 is 0. The molecular formula is C16H34N2. The van der Waals surface area contributed by atoms with E-state index in [0.29, 0.717) is 5.41 Å². The van der Waals surface area contributed by atoms with Gasteiger partial charge in [-0.2, -0.15) is 0 Å². The molecule has 1 atom stereocenters. The van der Waals surface area contributed by atoms with E-state index in [1.807, 2.05) is 0 Å². The zero-order chi connectivity index (χ0) is 13.4. The first kappa shape index (κ1) is 16.0. The fraction of sp³-hybridized carbons (Fsp3) is 1.00. The molecular weight excluding hydrogens is 220 g/mol. The van der Waals surface area contributed by atoms with E-state index in [4.69, 9.17) is 0 Å². The summed E-state index contributed by atoms with van der Waals surface area (Å²) in [4.78, 5) is 0. The topological polar surface area (TPSA) is 24.1 Å². The van der Waals surface area contributed by atoms with Gasteiger partial charge in [0, 0.05) is 6.54 Å². The van der Waals surface area contributed by atoms with Crippen molar-refractivity contribution in [3.8, 4) is 0 Å². The van der Waals surface area contributed by atoms with Crippen LogP contribution in [0.1, 0.15) is 59.8 Å². The van der Waals surface area contributed by atoms with Crippen LogP contribution in [0.4, 0.5) is 0 Å². The van der Waals surface area contributed by atoms with Gasteiger partial charge in [0.1, 0.15) is 0 Å². The highest BCUT2D eigenvalue weighted by Gasteiger charge is 2.33. The maximum absolute atomic E-state index is 3.74. The first-order valence-corrected chi connectivity index (χ1v) is 7.99. The predicted octanol–water partition coefficient (Wildman–Crippen LogP) is 3.43. The van der Waals surface area contributed by atoms with Gasteiger partial charge in [-0.25, -0.2) is 0 Å². The van der Waals surface area contributed by atoms with E-state index in [1.165, 1.54) is 38.6 Å². The highest BCUT2D eigenvalue weighted by molar-refractivity contribution is 4.87. The Labute approximate surface area is 114 Å². The molecule has 2 heteroatoms. The minimum atomic E-state index is 0.617. The second-order valence-corrected chi connectivity index (χ2v) is 6.85. The van der Waals surface area contributed by atoms with Gasteiger partial charge in [0.2, 0.25) is 0 Å². The van der Waals surface area contributed by atoms with Crippen LogP contribution in [-0.2, 0) is 0 Å². The van der Waals surface area contributed by atoms with Crippen LogP contribution in [0.3, 0.4) is 0 Å². The van der Waals surface area contributed by atoms with Crippen LogP contribution >= 0.6 is 0 Å². The highest BCUT2D eigenvalue weighted by atomic mass is 14.9. The Bertz CT molecular complexity index is 207. The lowest BCUT2D eigenvalue weighted by Crippen LogP contribution is -2.37. The van der Waals surface area contributed by atoms with Crippen molar-refractivity contribution in [3.05, 3.63) is 0 Å². The summed E-state index contributed by atoms with van der Waals surface area (Å²) in [5.74, 6) is 1.58. The summed E-state index contributed by atoms with van der Waals surface area (Å²) in [6.45, 7) is 13.9. The third kappa shape index (κ3) is 5.71. The molecule has 0 aromatic heterocycles. The van der Waals surface area contributed by atoms with Gasteiger partial charge in [-0.1, -0.05) is 40.5 Å². The van der Waals surface area contributed by atoms with E-state index in [9.17, 15) is 0 Å². The molecule has 0 amide bonds.